The number of benzene rings is 1. The summed E-state index contributed by atoms with van der Waals surface area (Å²) >= 11 is 5.88. The van der Waals surface area contributed by atoms with Crippen LogP contribution in [0, 0.1) is 5.82 Å². The Morgan fingerprint density at radius 1 is 1.39 bits per heavy atom. The highest BCUT2D eigenvalue weighted by Crippen LogP contribution is 2.38. The van der Waals surface area contributed by atoms with Gasteiger partial charge < -0.3 is 9.52 Å². The van der Waals surface area contributed by atoms with Crippen molar-refractivity contribution in [1.82, 2.24) is 0 Å². The first-order valence-corrected chi connectivity index (χ1v) is 5.75. The molecule has 0 aliphatic heterocycles. The summed E-state index contributed by atoms with van der Waals surface area (Å²) in [5.74, 6) is -1.90. The Hall–Kier alpha value is -1.55. The van der Waals surface area contributed by atoms with E-state index in [0.717, 1.165) is 6.07 Å². The molecular weight excluding hydrogens is 259 g/mol. The van der Waals surface area contributed by atoms with Crippen LogP contribution in [0.15, 0.2) is 16.5 Å². The molecule has 1 aromatic heterocycles. The van der Waals surface area contributed by atoms with Crippen LogP contribution in [-0.2, 0) is 5.41 Å². The fourth-order valence-electron chi connectivity index (χ4n) is 2.02. The van der Waals surface area contributed by atoms with E-state index in [0.29, 0.717) is 10.9 Å². The summed E-state index contributed by atoms with van der Waals surface area (Å²) in [4.78, 5) is 11.2. The average Bonchev–Trinajstić information content (AvgIpc) is 2.56. The Morgan fingerprint density at radius 3 is 2.50 bits per heavy atom. The lowest BCUT2D eigenvalue weighted by Gasteiger charge is -2.17. The van der Waals surface area contributed by atoms with Crippen LogP contribution in [0.25, 0.3) is 11.0 Å². The van der Waals surface area contributed by atoms with E-state index < -0.39 is 17.2 Å². The predicted octanol–water partition coefficient (Wildman–Crippen LogP) is 4.22. The highest BCUT2D eigenvalue weighted by molar-refractivity contribution is 6.35. The van der Waals surface area contributed by atoms with Crippen molar-refractivity contribution in [2.75, 3.05) is 0 Å². The van der Waals surface area contributed by atoms with Gasteiger partial charge in [0, 0.05) is 10.9 Å². The normalized spacial score (nSPS) is 12.1. The quantitative estimate of drug-likeness (QED) is 0.844. The van der Waals surface area contributed by atoms with Crippen LogP contribution < -0.4 is 0 Å². The fourth-order valence-corrected chi connectivity index (χ4v) is 2.26. The Bertz CT molecular complexity index is 638. The van der Waals surface area contributed by atoms with E-state index in [-0.39, 0.29) is 16.4 Å². The Labute approximate surface area is 108 Å². The summed E-state index contributed by atoms with van der Waals surface area (Å²) < 4.78 is 18.7. The molecule has 0 amide bonds. The van der Waals surface area contributed by atoms with Crippen LogP contribution in [0.3, 0.4) is 0 Å². The third-order valence-corrected chi connectivity index (χ3v) is 2.93. The van der Waals surface area contributed by atoms with Gasteiger partial charge in [0.1, 0.15) is 5.82 Å². The number of carbonyl (C=O) groups is 1. The molecule has 0 aliphatic carbocycles. The van der Waals surface area contributed by atoms with E-state index in [9.17, 15) is 9.18 Å². The van der Waals surface area contributed by atoms with Crippen molar-refractivity contribution < 1.29 is 18.7 Å². The molecule has 96 valence electrons. The van der Waals surface area contributed by atoms with Crippen molar-refractivity contribution in [2.45, 2.75) is 26.2 Å². The van der Waals surface area contributed by atoms with Gasteiger partial charge in [-0.2, -0.15) is 0 Å². The smallest absolute Gasteiger partial charge is 0.372 e. The molecule has 3 nitrogen and oxygen atoms in total. The van der Waals surface area contributed by atoms with E-state index in [4.69, 9.17) is 21.1 Å². The molecule has 1 N–H and O–H groups in total. The number of carboxylic acids is 1. The van der Waals surface area contributed by atoms with Gasteiger partial charge in [-0.15, -0.1) is 0 Å². The molecular formula is C13H12ClFO3. The lowest BCUT2D eigenvalue weighted by atomic mass is 9.85. The standard InChI is InChI=1S/C13H12ClFO3/c1-13(2,3)9-7-4-6(15)5-8(14)10(7)18-11(9)12(16)17/h4-5H,1-3H3,(H,16,17). The van der Waals surface area contributed by atoms with Crippen molar-refractivity contribution in [3.05, 3.63) is 34.3 Å². The fraction of sp³-hybridized carbons (Fsp3) is 0.308. The summed E-state index contributed by atoms with van der Waals surface area (Å²) in [6.07, 6.45) is 0. The first kappa shape index (κ1) is 12.9. The first-order valence-electron chi connectivity index (χ1n) is 5.37. The van der Waals surface area contributed by atoms with Crippen molar-refractivity contribution in [3.63, 3.8) is 0 Å². The van der Waals surface area contributed by atoms with Crippen LogP contribution in [0.5, 0.6) is 0 Å². The lowest BCUT2D eigenvalue weighted by Crippen LogP contribution is -2.15. The van der Waals surface area contributed by atoms with Crippen LogP contribution >= 0.6 is 11.6 Å². The minimum absolute atomic E-state index is 0.0722. The molecule has 1 heterocycles. The summed E-state index contributed by atoms with van der Waals surface area (Å²) in [6.45, 7) is 5.51. The second-order valence-electron chi connectivity index (χ2n) is 5.13. The molecule has 0 fully saturated rings. The lowest BCUT2D eigenvalue weighted by molar-refractivity contribution is 0.0661. The van der Waals surface area contributed by atoms with Gasteiger partial charge in [0.15, 0.2) is 5.58 Å². The molecule has 1 aromatic carbocycles. The predicted molar refractivity (Wildman–Crippen MR) is 66.8 cm³/mol. The number of furan rings is 1. The van der Waals surface area contributed by atoms with Gasteiger partial charge in [0.05, 0.1) is 5.02 Å². The zero-order chi connectivity index (χ0) is 13.7. The maximum Gasteiger partial charge on any atom is 0.372 e. The van der Waals surface area contributed by atoms with Gasteiger partial charge in [-0.3, -0.25) is 0 Å². The molecule has 0 bridgehead atoms. The van der Waals surface area contributed by atoms with Crippen LogP contribution in [0.4, 0.5) is 4.39 Å². The van der Waals surface area contributed by atoms with Gasteiger partial charge in [-0.25, -0.2) is 9.18 Å². The minimum Gasteiger partial charge on any atom is -0.475 e. The van der Waals surface area contributed by atoms with Crippen LogP contribution in [0.2, 0.25) is 5.02 Å². The van der Waals surface area contributed by atoms with E-state index in [1.807, 2.05) is 20.8 Å². The maximum atomic E-state index is 13.4. The molecule has 0 unspecified atom stereocenters. The van der Waals surface area contributed by atoms with Gasteiger partial charge >= 0.3 is 5.97 Å². The Morgan fingerprint density at radius 2 is 2.00 bits per heavy atom. The monoisotopic (exact) mass is 270 g/mol. The summed E-state index contributed by atoms with van der Waals surface area (Å²) in [6, 6.07) is 2.35. The average molecular weight is 271 g/mol. The molecule has 0 saturated heterocycles. The van der Waals surface area contributed by atoms with Gasteiger partial charge in [-0.1, -0.05) is 32.4 Å². The number of carboxylic acid groups (broad SMARTS) is 1. The van der Waals surface area contributed by atoms with E-state index in [2.05, 4.69) is 0 Å². The van der Waals surface area contributed by atoms with Crippen LogP contribution in [-0.4, -0.2) is 11.1 Å². The molecule has 0 atom stereocenters. The number of hydrogen-bond acceptors (Lipinski definition) is 2. The summed E-state index contributed by atoms with van der Waals surface area (Å²) in [5, 5.41) is 9.64. The minimum atomic E-state index is -1.19. The third kappa shape index (κ3) is 1.97. The molecule has 5 heteroatoms. The summed E-state index contributed by atoms with van der Waals surface area (Å²) in [7, 11) is 0. The molecule has 2 aromatic rings. The number of fused-ring (bicyclic) bond motifs is 1. The second-order valence-corrected chi connectivity index (χ2v) is 5.53. The van der Waals surface area contributed by atoms with Crippen molar-refractivity contribution in [2.24, 2.45) is 0 Å². The maximum absolute atomic E-state index is 13.4. The van der Waals surface area contributed by atoms with Crippen molar-refractivity contribution in [1.29, 1.82) is 0 Å². The SMILES string of the molecule is CC(C)(C)c1c(C(=O)O)oc2c(Cl)cc(F)cc12. The van der Waals surface area contributed by atoms with Crippen LogP contribution in [0.1, 0.15) is 36.9 Å². The van der Waals surface area contributed by atoms with E-state index in [1.165, 1.54) is 6.07 Å². The van der Waals surface area contributed by atoms with Gasteiger partial charge in [-0.05, 0) is 17.5 Å². The highest BCUT2D eigenvalue weighted by atomic mass is 35.5. The number of rotatable bonds is 1. The van der Waals surface area contributed by atoms with E-state index in [1.54, 1.807) is 0 Å². The Balaban J connectivity index is 2.95. The third-order valence-electron chi connectivity index (χ3n) is 2.65. The van der Waals surface area contributed by atoms with E-state index >= 15 is 0 Å². The zero-order valence-corrected chi connectivity index (χ0v) is 10.9. The number of hydrogen-bond donors (Lipinski definition) is 1. The van der Waals surface area contributed by atoms with Gasteiger partial charge in [0.2, 0.25) is 5.76 Å². The van der Waals surface area contributed by atoms with Gasteiger partial charge in [0.25, 0.3) is 0 Å². The molecule has 0 radical (unpaired) electrons. The largest absolute Gasteiger partial charge is 0.475 e. The van der Waals surface area contributed by atoms with Crippen molar-refractivity contribution >= 4 is 28.5 Å². The molecule has 18 heavy (non-hydrogen) atoms. The molecule has 0 saturated carbocycles. The molecule has 0 aliphatic rings. The highest BCUT2D eigenvalue weighted by Gasteiger charge is 2.30. The number of aromatic carboxylic acids is 1. The Kier molecular flexibility index (Phi) is 2.86. The first-order chi connectivity index (χ1) is 8.21. The summed E-state index contributed by atoms with van der Waals surface area (Å²) in [5.41, 5.74) is 0.169. The molecule has 2 rings (SSSR count). The topological polar surface area (TPSA) is 50.4 Å². The molecule has 0 spiro atoms. The number of halogens is 2. The zero-order valence-electron chi connectivity index (χ0n) is 10.2. The second kappa shape index (κ2) is 3.99. The van der Waals surface area contributed by atoms with Crippen molar-refractivity contribution in [3.8, 4) is 0 Å².